The van der Waals surface area contributed by atoms with Crippen molar-refractivity contribution in [3.8, 4) is 0 Å². The Morgan fingerprint density at radius 2 is 2.12 bits per heavy atom. The number of aryl methyl sites for hydroxylation is 4. The van der Waals surface area contributed by atoms with Gasteiger partial charge in [0.15, 0.2) is 5.82 Å². The van der Waals surface area contributed by atoms with Gasteiger partial charge in [0.05, 0.1) is 11.4 Å². The molecule has 7 nitrogen and oxygen atoms in total. The zero-order valence-electron chi connectivity index (χ0n) is 14.1. The lowest BCUT2D eigenvalue weighted by atomic mass is 10.00. The van der Waals surface area contributed by atoms with Crippen LogP contribution in [0.2, 0.25) is 0 Å². The summed E-state index contributed by atoms with van der Waals surface area (Å²) in [6, 6.07) is 3.99. The van der Waals surface area contributed by atoms with Crippen molar-refractivity contribution < 1.29 is 4.79 Å². The van der Waals surface area contributed by atoms with Crippen molar-refractivity contribution in [3.05, 3.63) is 34.8 Å². The van der Waals surface area contributed by atoms with Crippen LogP contribution in [0, 0.1) is 12.8 Å². The van der Waals surface area contributed by atoms with Crippen LogP contribution < -0.4 is 10.2 Å². The second-order valence-corrected chi connectivity index (χ2v) is 6.80. The van der Waals surface area contributed by atoms with E-state index in [0.29, 0.717) is 18.2 Å². The van der Waals surface area contributed by atoms with Gasteiger partial charge in [-0.15, -0.1) is 5.10 Å². The van der Waals surface area contributed by atoms with Crippen LogP contribution in [0.15, 0.2) is 12.1 Å². The normalized spacial score (nSPS) is 16.8. The Labute approximate surface area is 141 Å². The molecule has 1 aliphatic heterocycles. The molecule has 0 atom stereocenters. The molecular formula is C17H22N6O. The van der Waals surface area contributed by atoms with Crippen molar-refractivity contribution in [1.29, 1.82) is 0 Å². The van der Waals surface area contributed by atoms with Crippen LogP contribution >= 0.6 is 0 Å². The van der Waals surface area contributed by atoms with Crippen molar-refractivity contribution in [1.82, 2.24) is 25.3 Å². The van der Waals surface area contributed by atoms with E-state index in [9.17, 15) is 4.79 Å². The van der Waals surface area contributed by atoms with Crippen molar-refractivity contribution in [3.63, 3.8) is 0 Å². The summed E-state index contributed by atoms with van der Waals surface area (Å²) in [5.74, 6) is 1.37. The molecule has 0 bridgehead atoms. The first-order chi connectivity index (χ1) is 11.6. The molecule has 1 fully saturated rings. The van der Waals surface area contributed by atoms with Crippen molar-refractivity contribution in [2.24, 2.45) is 13.0 Å². The van der Waals surface area contributed by atoms with Crippen LogP contribution in [-0.4, -0.2) is 45.5 Å². The van der Waals surface area contributed by atoms with Crippen LogP contribution in [0.25, 0.3) is 0 Å². The van der Waals surface area contributed by atoms with Gasteiger partial charge in [-0.3, -0.25) is 9.48 Å². The number of fused-ring (bicyclic) bond motifs is 1. The molecule has 24 heavy (non-hydrogen) atoms. The van der Waals surface area contributed by atoms with E-state index < -0.39 is 0 Å². The van der Waals surface area contributed by atoms with Crippen LogP contribution in [0.5, 0.6) is 0 Å². The predicted octanol–water partition coefficient (Wildman–Crippen LogP) is 0.873. The van der Waals surface area contributed by atoms with E-state index in [0.717, 1.165) is 43.1 Å². The minimum atomic E-state index is -0.0612. The number of carbonyl (C=O) groups excluding carboxylic acids is 1. The zero-order valence-corrected chi connectivity index (χ0v) is 14.1. The van der Waals surface area contributed by atoms with Gasteiger partial charge < -0.3 is 10.2 Å². The van der Waals surface area contributed by atoms with Gasteiger partial charge in [0.25, 0.3) is 5.91 Å². The molecular weight excluding hydrogens is 304 g/mol. The van der Waals surface area contributed by atoms with E-state index in [1.807, 2.05) is 13.0 Å². The van der Waals surface area contributed by atoms with Gasteiger partial charge in [-0.25, -0.2) is 0 Å². The molecule has 1 saturated heterocycles. The Morgan fingerprint density at radius 1 is 1.29 bits per heavy atom. The molecule has 2 aromatic heterocycles. The highest BCUT2D eigenvalue weighted by atomic mass is 16.2. The topological polar surface area (TPSA) is 75.9 Å². The highest BCUT2D eigenvalue weighted by Crippen LogP contribution is 2.26. The number of anilines is 1. The lowest BCUT2D eigenvalue weighted by Crippen LogP contribution is -2.52. The fraction of sp³-hybridized carbons (Fsp3) is 0.529. The summed E-state index contributed by atoms with van der Waals surface area (Å²) in [5.41, 5.74) is 3.97. The van der Waals surface area contributed by atoms with Crippen LogP contribution in [0.1, 0.15) is 33.9 Å². The van der Waals surface area contributed by atoms with Gasteiger partial charge in [-0.2, -0.15) is 10.2 Å². The molecule has 4 rings (SSSR count). The molecule has 1 N–H and O–H groups in total. The van der Waals surface area contributed by atoms with Crippen molar-refractivity contribution in [2.45, 2.75) is 26.2 Å². The molecule has 2 aromatic rings. The Hall–Kier alpha value is -2.44. The number of carbonyl (C=O) groups is 1. The Kier molecular flexibility index (Phi) is 3.70. The molecule has 126 valence electrons. The highest BCUT2D eigenvalue weighted by molar-refractivity contribution is 5.92. The first-order valence-electron chi connectivity index (χ1n) is 8.49. The SMILES string of the molecule is Cc1cc(C(=O)NCC2CN(c3cc4c(nn3)CCC4)C2)n(C)n1. The number of amides is 1. The van der Waals surface area contributed by atoms with E-state index in [-0.39, 0.29) is 5.91 Å². The average molecular weight is 326 g/mol. The van der Waals surface area contributed by atoms with Crippen molar-refractivity contribution in [2.75, 3.05) is 24.5 Å². The molecule has 0 radical (unpaired) electrons. The maximum atomic E-state index is 12.2. The van der Waals surface area contributed by atoms with E-state index >= 15 is 0 Å². The summed E-state index contributed by atoms with van der Waals surface area (Å²) in [6.07, 6.45) is 3.37. The van der Waals surface area contributed by atoms with Crippen LogP contribution in [0.4, 0.5) is 5.82 Å². The maximum Gasteiger partial charge on any atom is 0.269 e. The van der Waals surface area contributed by atoms with E-state index in [2.05, 4.69) is 31.6 Å². The van der Waals surface area contributed by atoms with Crippen LogP contribution in [-0.2, 0) is 19.9 Å². The van der Waals surface area contributed by atoms with Gasteiger partial charge in [-0.05, 0) is 43.9 Å². The summed E-state index contributed by atoms with van der Waals surface area (Å²) < 4.78 is 1.62. The fourth-order valence-electron chi connectivity index (χ4n) is 3.51. The van der Waals surface area contributed by atoms with E-state index in [1.165, 1.54) is 12.0 Å². The first kappa shape index (κ1) is 15.1. The number of nitrogens with zero attached hydrogens (tertiary/aromatic N) is 5. The average Bonchev–Trinajstić information content (AvgIpc) is 3.10. The third kappa shape index (κ3) is 2.74. The fourth-order valence-corrected chi connectivity index (χ4v) is 3.51. The number of nitrogens with one attached hydrogen (secondary N) is 1. The third-order valence-corrected chi connectivity index (χ3v) is 4.87. The van der Waals surface area contributed by atoms with Crippen LogP contribution in [0.3, 0.4) is 0 Å². The van der Waals surface area contributed by atoms with Gasteiger partial charge in [0.2, 0.25) is 0 Å². The predicted molar refractivity (Wildman–Crippen MR) is 90.0 cm³/mol. The number of aromatic nitrogens is 4. The van der Waals surface area contributed by atoms with Gasteiger partial charge in [0, 0.05) is 32.6 Å². The Balaban J connectivity index is 1.29. The Morgan fingerprint density at radius 3 is 2.88 bits per heavy atom. The van der Waals surface area contributed by atoms with Gasteiger partial charge in [-0.1, -0.05) is 0 Å². The molecule has 0 spiro atoms. The molecule has 1 aliphatic carbocycles. The smallest absolute Gasteiger partial charge is 0.269 e. The second-order valence-electron chi connectivity index (χ2n) is 6.80. The summed E-state index contributed by atoms with van der Waals surface area (Å²) in [6.45, 7) is 4.40. The monoisotopic (exact) mass is 326 g/mol. The Bertz CT molecular complexity index is 777. The summed E-state index contributed by atoms with van der Waals surface area (Å²) in [7, 11) is 1.79. The van der Waals surface area contributed by atoms with Gasteiger partial charge in [0.1, 0.15) is 5.69 Å². The molecule has 7 heteroatoms. The standard InChI is InChI=1S/C17H22N6O/c1-11-6-15(22(2)21-11)17(24)18-8-12-9-23(10-12)16-7-13-4-3-5-14(13)19-20-16/h6-7,12H,3-5,8-10H2,1-2H3,(H,18,24). The zero-order chi connectivity index (χ0) is 16.7. The highest BCUT2D eigenvalue weighted by Gasteiger charge is 2.29. The minimum Gasteiger partial charge on any atom is -0.354 e. The molecule has 3 heterocycles. The summed E-state index contributed by atoms with van der Waals surface area (Å²) in [4.78, 5) is 14.4. The molecule has 1 amide bonds. The minimum absolute atomic E-state index is 0.0612. The summed E-state index contributed by atoms with van der Waals surface area (Å²) >= 11 is 0. The molecule has 0 unspecified atom stereocenters. The molecule has 2 aliphatic rings. The largest absolute Gasteiger partial charge is 0.354 e. The van der Waals surface area contributed by atoms with E-state index in [1.54, 1.807) is 11.7 Å². The molecule has 0 saturated carbocycles. The van der Waals surface area contributed by atoms with Crippen molar-refractivity contribution >= 4 is 11.7 Å². The van der Waals surface area contributed by atoms with E-state index in [4.69, 9.17) is 0 Å². The quantitative estimate of drug-likeness (QED) is 0.902. The third-order valence-electron chi connectivity index (χ3n) is 4.87. The second kappa shape index (κ2) is 5.89. The number of rotatable bonds is 4. The maximum absolute atomic E-state index is 12.2. The summed E-state index contributed by atoms with van der Waals surface area (Å²) in [5, 5.41) is 15.9. The first-order valence-corrected chi connectivity index (χ1v) is 8.49. The number of hydrogen-bond acceptors (Lipinski definition) is 5. The lowest BCUT2D eigenvalue weighted by Gasteiger charge is -2.40. The van der Waals surface area contributed by atoms with Gasteiger partial charge >= 0.3 is 0 Å². The lowest BCUT2D eigenvalue weighted by molar-refractivity contribution is 0.0935. The number of hydrogen-bond donors (Lipinski definition) is 1. The molecule has 0 aromatic carbocycles.